The molecule has 1 aliphatic carbocycles. The summed E-state index contributed by atoms with van der Waals surface area (Å²) in [5.74, 6) is 0.481. The van der Waals surface area contributed by atoms with Crippen molar-refractivity contribution in [3.8, 4) is 0 Å². The van der Waals surface area contributed by atoms with E-state index in [9.17, 15) is 4.79 Å². The largest absolute Gasteiger partial charge is 0.394 e. The van der Waals surface area contributed by atoms with Crippen molar-refractivity contribution in [1.82, 2.24) is 4.90 Å². The van der Waals surface area contributed by atoms with Crippen LogP contribution in [0.15, 0.2) is 0 Å². The highest BCUT2D eigenvalue weighted by Crippen LogP contribution is 2.30. The van der Waals surface area contributed by atoms with E-state index in [1.54, 1.807) is 0 Å². The van der Waals surface area contributed by atoms with Crippen LogP contribution in [0.25, 0.3) is 0 Å². The normalized spacial score (nSPS) is 29.9. The third-order valence-electron chi connectivity index (χ3n) is 3.45. The van der Waals surface area contributed by atoms with Gasteiger partial charge in [-0.1, -0.05) is 6.42 Å². The zero-order valence-corrected chi connectivity index (χ0v) is 10.1. The molecule has 0 aromatic rings. The van der Waals surface area contributed by atoms with Gasteiger partial charge in [0, 0.05) is 19.0 Å². The van der Waals surface area contributed by atoms with Crippen LogP contribution in [-0.4, -0.2) is 47.3 Å². The lowest BCUT2D eigenvalue weighted by atomic mass is 9.84. The number of carbonyl (C=O) groups is 1. The first-order valence-corrected chi connectivity index (χ1v) is 6.09. The van der Waals surface area contributed by atoms with Crippen LogP contribution in [0, 0.1) is 5.92 Å². The van der Waals surface area contributed by atoms with E-state index in [-0.39, 0.29) is 30.1 Å². The summed E-state index contributed by atoms with van der Waals surface area (Å²) in [7, 11) is 0. The van der Waals surface area contributed by atoms with Crippen molar-refractivity contribution in [1.29, 1.82) is 0 Å². The lowest BCUT2D eigenvalue weighted by Crippen LogP contribution is -2.57. The first-order chi connectivity index (χ1) is 7.52. The second-order valence-electron chi connectivity index (χ2n) is 5.53. The molecule has 1 saturated heterocycles. The SMILES string of the molecule is CC1(C)CN(C(=O)C2CCC2)CC(CO)O1. The number of nitrogens with zero attached hydrogens (tertiary/aromatic N) is 1. The molecule has 92 valence electrons. The Hall–Kier alpha value is -0.610. The molecule has 1 N–H and O–H groups in total. The van der Waals surface area contributed by atoms with E-state index >= 15 is 0 Å². The molecule has 1 heterocycles. The van der Waals surface area contributed by atoms with Gasteiger partial charge in [0.15, 0.2) is 0 Å². The number of hydrogen-bond acceptors (Lipinski definition) is 3. The van der Waals surface area contributed by atoms with Crippen molar-refractivity contribution in [2.75, 3.05) is 19.7 Å². The summed E-state index contributed by atoms with van der Waals surface area (Å²) in [6.45, 7) is 5.09. The molecule has 1 unspecified atom stereocenters. The standard InChI is InChI=1S/C12H21NO3/c1-12(2)8-13(6-10(7-14)16-12)11(15)9-4-3-5-9/h9-10,14H,3-8H2,1-2H3. The average Bonchev–Trinajstić information content (AvgIpc) is 2.12. The minimum Gasteiger partial charge on any atom is -0.394 e. The molecule has 0 bridgehead atoms. The molecule has 0 aromatic carbocycles. The summed E-state index contributed by atoms with van der Waals surface area (Å²) < 4.78 is 5.69. The topological polar surface area (TPSA) is 49.8 Å². The van der Waals surface area contributed by atoms with E-state index in [2.05, 4.69) is 0 Å². The monoisotopic (exact) mass is 227 g/mol. The summed E-state index contributed by atoms with van der Waals surface area (Å²) in [5, 5.41) is 9.17. The molecular weight excluding hydrogens is 206 g/mol. The van der Waals surface area contributed by atoms with E-state index in [4.69, 9.17) is 9.84 Å². The molecule has 1 saturated carbocycles. The van der Waals surface area contributed by atoms with E-state index in [1.807, 2.05) is 18.7 Å². The lowest BCUT2D eigenvalue weighted by Gasteiger charge is -2.44. The van der Waals surface area contributed by atoms with E-state index in [0.717, 1.165) is 12.8 Å². The Kier molecular flexibility index (Phi) is 3.22. The Labute approximate surface area is 96.6 Å². The number of morpholine rings is 1. The number of aliphatic hydroxyl groups excluding tert-OH is 1. The average molecular weight is 227 g/mol. The Morgan fingerprint density at radius 3 is 2.69 bits per heavy atom. The van der Waals surface area contributed by atoms with Gasteiger partial charge in [0.05, 0.1) is 18.3 Å². The number of ether oxygens (including phenoxy) is 1. The maximum atomic E-state index is 12.1. The third-order valence-corrected chi connectivity index (χ3v) is 3.45. The molecule has 0 spiro atoms. The molecule has 1 aliphatic heterocycles. The van der Waals surface area contributed by atoms with Gasteiger partial charge in [-0.2, -0.15) is 0 Å². The van der Waals surface area contributed by atoms with Gasteiger partial charge in [-0.25, -0.2) is 0 Å². The van der Waals surface area contributed by atoms with Crippen LogP contribution < -0.4 is 0 Å². The summed E-state index contributed by atoms with van der Waals surface area (Å²) in [4.78, 5) is 14.0. The second kappa shape index (κ2) is 4.34. The van der Waals surface area contributed by atoms with Crippen LogP contribution in [0.1, 0.15) is 33.1 Å². The van der Waals surface area contributed by atoms with Crippen molar-refractivity contribution in [3.05, 3.63) is 0 Å². The number of amides is 1. The Bertz CT molecular complexity index is 273. The fourth-order valence-electron chi connectivity index (χ4n) is 2.47. The zero-order chi connectivity index (χ0) is 11.8. The molecule has 2 rings (SSSR count). The highest BCUT2D eigenvalue weighted by Gasteiger charge is 2.38. The van der Waals surface area contributed by atoms with Gasteiger partial charge in [0.25, 0.3) is 0 Å². The summed E-state index contributed by atoms with van der Waals surface area (Å²) in [6.07, 6.45) is 3.00. The van der Waals surface area contributed by atoms with Crippen molar-refractivity contribution in [3.63, 3.8) is 0 Å². The molecule has 4 heteroatoms. The van der Waals surface area contributed by atoms with Crippen LogP contribution in [0.2, 0.25) is 0 Å². The Morgan fingerprint density at radius 1 is 1.50 bits per heavy atom. The lowest BCUT2D eigenvalue weighted by molar-refractivity contribution is -0.171. The summed E-state index contributed by atoms with van der Waals surface area (Å²) in [6, 6.07) is 0. The number of aliphatic hydroxyl groups is 1. The van der Waals surface area contributed by atoms with Crippen LogP contribution in [-0.2, 0) is 9.53 Å². The van der Waals surface area contributed by atoms with Crippen LogP contribution in [0.3, 0.4) is 0 Å². The summed E-state index contributed by atoms with van der Waals surface area (Å²) >= 11 is 0. The molecule has 0 aromatic heterocycles. The molecule has 2 fully saturated rings. The van der Waals surface area contributed by atoms with Gasteiger partial charge in [-0.05, 0) is 26.7 Å². The first kappa shape index (κ1) is 11.9. The van der Waals surface area contributed by atoms with Gasteiger partial charge in [0.1, 0.15) is 0 Å². The molecular formula is C12H21NO3. The summed E-state index contributed by atoms with van der Waals surface area (Å²) in [5.41, 5.74) is -0.342. The van der Waals surface area contributed by atoms with Crippen molar-refractivity contribution in [2.24, 2.45) is 5.92 Å². The highest BCUT2D eigenvalue weighted by atomic mass is 16.5. The smallest absolute Gasteiger partial charge is 0.225 e. The van der Waals surface area contributed by atoms with Gasteiger partial charge < -0.3 is 14.7 Å². The van der Waals surface area contributed by atoms with Crippen LogP contribution in [0.4, 0.5) is 0 Å². The van der Waals surface area contributed by atoms with Crippen molar-refractivity contribution < 1.29 is 14.6 Å². The predicted octanol–water partition coefficient (Wildman–Crippen LogP) is 0.785. The first-order valence-electron chi connectivity index (χ1n) is 6.09. The van der Waals surface area contributed by atoms with Gasteiger partial charge in [0.2, 0.25) is 5.91 Å². The van der Waals surface area contributed by atoms with Crippen molar-refractivity contribution >= 4 is 5.91 Å². The predicted molar refractivity (Wildman–Crippen MR) is 60.0 cm³/mol. The zero-order valence-electron chi connectivity index (χ0n) is 10.1. The number of rotatable bonds is 2. The van der Waals surface area contributed by atoms with Crippen molar-refractivity contribution in [2.45, 2.75) is 44.8 Å². The van der Waals surface area contributed by atoms with Gasteiger partial charge in [-0.15, -0.1) is 0 Å². The van der Waals surface area contributed by atoms with E-state index in [0.29, 0.717) is 13.1 Å². The van der Waals surface area contributed by atoms with Gasteiger partial charge >= 0.3 is 0 Å². The number of carbonyl (C=O) groups excluding carboxylic acids is 1. The minimum absolute atomic E-state index is 0.0160. The van der Waals surface area contributed by atoms with Crippen LogP contribution in [0.5, 0.6) is 0 Å². The molecule has 16 heavy (non-hydrogen) atoms. The minimum atomic E-state index is -0.342. The highest BCUT2D eigenvalue weighted by molar-refractivity contribution is 5.79. The second-order valence-corrected chi connectivity index (χ2v) is 5.53. The van der Waals surface area contributed by atoms with E-state index in [1.165, 1.54) is 6.42 Å². The Morgan fingerprint density at radius 2 is 2.19 bits per heavy atom. The fraction of sp³-hybridized carbons (Fsp3) is 0.917. The van der Waals surface area contributed by atoms with Crippen LogP contribution >= 0.6 is 0 Å². The maximum absolute atomic E-state index is 12.1. The maximum Gasteiger partial charge on any atom is 0.225 e. The van der Waals surface area contributed by atoms with Gasteiger partial charge in [-0.3, -0.25) is 4.79 Å². The van der Waals surface area contributed by atoms with E-state index < -0.39 is 0 Å². The molecule has 1 amide bonds. The molecule has 2 aliphatic rings. The third kappa shape index (κ3) is 2.38. The quantitative estimate of drug-likeness (QED) is 0.758. The number of hydrogen-bond donors (Lipinski definition) is 1. The molecule has 4 nitrogen and oxygen atoms in total. The Balaban J connectivity index is 2.00. The molecule has 1 atom stereocenters. The molecule has 0 radical (unpaired) electrons. The fourth-order valence-corrected chi connectivity index (χ4v) is 2.47.